The Kier molecular flexibility index (Phi) is 46.0. The van der Waals surface area contributed by atoms with Gasteiger partial charge in [0.25, 0.3) is 0 Å². The zero-order chi connectivity index (χ0) is 39.2. The van der Waals surface area contributed by atoms with Gasteiger partial charge in [-0.25, -0.2) is 5.90 Å². The van der Waals surface area contributed by atoms with E-state index < -0.39 is 18.0 Å². The van der Waals surface area contributed by atoms with Crippen molar-refractivity contribution in [2.75, 3.05) is 55.5 Å². The number of hydrogen-bond donors (Lipinski definition) is 7. The van der Waals surface area contributed by atoms with Gasteiger partial charge in [0.2, 0.25) is 18.1 Å². The Bertz CT molecular complexity index is 836. The van der Waals surface area contributed by atoms with Crippen LogP contribution >= 0.6 is 0 Å². The fourth-order valence-corrected chi connectivity index (χ4v) is 3.38. The van der Waals surface area contributed by atoms with Crippen molar-refractivity contribution in [2.45, 2.75) is 104 Å². The normalized spacial score (nSPS) is 17.2. The zero-order valence-electron chi connectivity index (χ0n) is 31.1. The number of carboxylic acids is 2. The number of carbonyl (C=O) groups excluding carboxylic acids is 5. The van der Waals surface area contributed by atoms with E-state index in [1.807, 2.05) is 6.92 Å². The monoisotopic (exact) mass is 712 g/mol. The summed E-state index contributed by atoms with van der Waals surface area (Å²) in [6.07, 6.45) is 6.71. The maximum Gasteiger partial charge on any atom is 0.237 e. The van der Waals surface area contributed by atoms with Crippen LogP contribution < -0.4 is 48.8 Å². The lowest BCUT2D eigenvalue weighted by Gasteiger charge is -2.20. The number of ketones is 1. The molecule has 2 rings (SSSR count). The van der Waals surface area contributed by atoms with Crippen molar-refractivity contribution < 1.29 is 53.3 Å². The molecule has 2 unspecified atom stereocenters. The number of carboxylic acid groups (broad SMARTS) is 2. The van der Waals surface area contributed by atoms with E-state index in [0.29, 0.717) is 6.42 Å². The first-order valence-corrected chi connectivity index (χ1v) is 15.7. The van der Waals surface area contributed by atoms with Crippen molar-refractivity contribution >= 4 is 35.2 Å². The number of Topliss-reactive ketones (excluding diaryl/α,β-unsaturated/α-hetero) is 1. The van der Waals surface area contributed by atoms with E-state index in [9.17, 15) is 14.4 Å². The van der Waals surface area contributed by atoms with Gasteiger partial charge in [-0.05, 0) is 81.6 Å². The Morgan fingerprint density at radius 2 is 1.08 bits per heavy atom. The van der Waals surface area contributed by atoms with Crippen LogP contribution in [0.25, 0.3) is 0 Å². The van der Waals surface area contributed by atoms with Gasteiger partial charge in [0.1, 0.15) is 5.78 Å². The first kappa shape index (κ1) is 55.1. The Morgan fingerprint density at radius 1 is 0.714 bits per heavy atom. The van der Waals surface area contributed by atoms with Gasteiger partial charge in [-0.2, -0.15) is 0 Å². The number of carbonyl (C=O) groups is 5. The minimum absolute atomic E-state index is 0.00736. The lowest BCUT2D eigenvalue weighted by Crippen LogP contribution is -2.42. The molecule has 4 atom stereocenters. The van der Waals surface area contributed by atoms with Crippen LogP contribution in [0.4, 0.5) is 0 Å². The summed E-state index contributed by atoms with van der Waals surface area (Å²) in [6, 6.07) is -0.674. The second-order valence-corrected chi connectivity index (χ2v) is 9.66. The van der Waals surface area contributed by atoms with Crippen LogP contribution in [0.15, 0.2) is 5.16 Å². The maximum atomic E-state index is 11.5. The number of nitrogens with two attached hydrogens (primary N) is 3. The average molecular weight is 713 g/mol. The summed E-state index contributed by atoms with van der Waals surface area (Å²) >= 11 is 0. The van der Waals surface area contributed by atoms with Gasteiger partial charge in [-0.3, -0.25) is 19.2 Å². The number of aliphatic carboxylic acids is 2. The zero-order valence-corrected chi connectivity index (χ0v) is 31.1. The molecule has 0 aliphatic carbocycles. The van der Waals surface area contributed by atoms with E-state index in [1.165, 1.54) is 27.4 Å². The third-order valence-corrected chi connectivity index (χ3v) is 5.57. The summed E-state index contributed by atoms with van der Waals surface area (Å²) in [5, 5.41) is 32.6. The highest BCUT2D eigenvalue weighted by atomic mass is 16.8. The number of hydrogen-bond acceptors (Lipinski definition) is 17. The van der Waals surface area contributed by atoms with Gasteiger partial charge in [0.05, 0.1) is 24.4 Å². The SMILES string of the molecule is CC(=O)[O-].CC(=O)[O-].CN.CN.CNC(=O)[C@H](CC(C)=NOC1CCCCO1)NC.CNC(=O)[C@H](CC(C)=O)NC.NOC1CCCCO1. The predicted octanol–water partition coefficient (Wildman–Crippen LogP) is -3.01. The molecular weight excluding hydrogens is 648 g/mol. The molecule has 2 aliphatic rings. The number of ether oxygens (including phenoxy) is 2. The fraction of sp³-hybridized carbons (Fsp3) is 0.800. The molecule has 2 saturated heterocycles. The fourth-order valence-electron chi connectivity index (χ4n) is 3.38. The van der Waals surface area contributed by atoms with E-state index >= 15 is 0 Å². The van der Waals surface area contributed by atoms with Crippen LogP contribution in [-0.4, -0.2) is 115 Å². The van der Waals surface area contributed by atoms with Crippen LogP contribution in [0.2, 0.25) is 0 Å². The number of nitrogens with zero attached hydrogens (tertiary/aromatic N) is 1. The third kappa shape index (κ3) is 42.7. The standard InChI is InChI=1S/C12H23N3O3.C7H14N2O2.C5H11NO2.2C2H4O2.2CH5N/c1-9(8-10(13-2)12(16)14-3)15-18-11-6-4-5-7-17-11;1-5(10)4-6(8-2)7(11)9-3;6-8-5-3-1-2-4-7-5;2*1-2(3)4;2*1-2/h10-11,13H,4-8H2,1-3H3,(H,14,16);6,8H,4H2,1-3H3,(H,9,11);5H,1-4,6H2;2*1H3,(H,3,4);2*2H2,1H3/p-2/t10-,11?;6-;;;;;/m00...../s1. The summed E-state index contributed by atoms with van der Waals surface area (Å²) in [7, 11) is 9.57. The highest BCUT2D eigenvalue weighted by molar-refractivity contribution is 5.90. The van der Waals surface area contributed by atoms with E-state index in [1.54, 1.807) is 28.2 Å². The lowest BCUT2D eigenvalue weighted by atomic mass is 10.1. The Morgan fingerprint density at radius 3 is 1.35 bits per heavy atom. The number of rotatable bonds is 11. The van der Waals surface area contributed by atoms with E-state index in [2.05, 4.69) is 42.7 Å². The molecule has 19 heteroatoms. The van der Waals surface area contributed by atoms with Crippen LogP contribution in [-0.2, 0) is 43.1 Å². The molecule has 10 N–H and O–H groups in total. The van der Waals surface area contributed by atoms with E-state index in [-0.39, 0.29) is 42.6 Å². The average Bonchev–Trinajstić information content (AvgIpc) is 3.10. The summed E-state index contributed by atoms with van der Waals surface area (Å²) < 4.78 is 10.5. The smallest absolute Gasteiger partial charge is 0.237 e. The minimum atomic E-state index is -1.08. The molecule has 0 aromatic heterocycles. The molecule has 2 fully saturated rings. The summed E-state index contributed by atoms with van der Waals surface area (Å²) in [4.78, 5) is 60.6. The minimum Gasteiger partial charge on any atom is -0.550 e. The molecule has 2 amide bonds. The van der Waals surface area contributed by atoms with Crippen molar-refractivity contribution in [2.24, 2.45) is 22.5 Å². The molecule has 0 aromatic carbocycles. The van der Waals surface area contributed by atoms with Gasteiger partial charge in [0.15, 0.2) is 6.29 Å². The molecule has 0 bridgehead atoms. The number of oxime groups is 1. The lowest BCUT2D eigenvalue weighted by molar-refractivity contribution is -0.303. The third-order valence-electron chi connectivity index (χ3n) is 5.57. The summed E-state index contributed by atoms with van der Waals surface area (Å²) in [5.74, 6) is 2.51. The number of likely N-dealkylation sites (N-methyl/N-ethyl adjacent to an activating group) is 4. The van der Waals surface area contributed by atoms with Crippen LogP contribution in [0.3, 0.4) is 0 Å². The Balaban J connectivity index is -0.000000178. The van der Waals surface area contributed by atoms with Crippen molar-refractivity contribution in [3.8, 4) is 0 Å². The van der Waals surface area contributed by atoms with Gasteiger partial charge in [-0.1, -0.05) is 5.16 Å². The molecule has 0 spiro atoms. The molecule has 0 radical (unpaired) electrons. The molecule has 2 heterocycles. The second kappa shape index (κ2) is 40.9. The summed E-state index contributed by atoms with van der Waals surface area (Å²) in [5.41, 5.74) is 9.77. The van der Waals surface area contributed by atoms with Gasteiger partial charge in [0, 0.05) is 58.3 Å². The highest BCUT2D eigenvalue weighted by Gasteiger charge is 2.18. The topological polar surface area (TPSA) is 307 Å². The molecule has 2 aliphatic heterocycles. The van der Waals surface area contributed by atoms with Crippen LogP contribution in [0.1, 0.15) is 79.1 Å². The van der Waals surface area contributed by atoms with Gasteiger partial charge < -0.3 is 66.8 Å². The largest absolute Gasteiger partial charge is 0.550 e. The van der Waals surface area contributed by atoms with Crippen LogP contribution in [0.5, 0.6) is 0 Å². The molecule has 49 heavy (non-hydrogen) atoms. The van der Waals surface area contributed by atoms with E-state index in [4.69, 9.17) is 40.0 Å². The van der Waals surface area contributed by atoms with E-state index in [0.717, 1.165) is 64.9 Å². The molecular formula is C30H64N8O11-2. The van der Waals surface area contributed by atoms with Crippen molar-refractivity contribution in [3.05, 3.63) is 0 Å². The quantitative estimate of drug-likeness (QED) is 0.0829. The molecule has 0 saturated carbocycles. The Hall–Kier alpha value is -3.30. The van der Waals surface area contributed by atoms with Gasteiger partial charge in [-0.15, -0.1) is 0 Å². The number of amides is 2. The first-order valence-electron chi connectivity index (χ1n) is 15.7. The van der Waals surface area contributed by atoms with Crippen molar-refractivity contribution in [3.63, 3.8) is 0 Å². The van der Waals surface area contributed by atoms with Crippen molar-refractivity contribution in [1.29, 1.82) is 0 Å². The summed E-state index contributed by atoms with van der Waals surface area (Å²) in [6.45, 7) is 6.78. The molecule has 0 aromatic rings. The number of nitrogens with one attached hydrogen (secondary N) is 4. The highest BCUT2D eigenvalue weighted by Crippen LogP contribution is 2.14. The second-order valence-electron chi connectivity index (χ2n) is 9.66. The first-order chi connectivity index (χ1) is 23.2. The maximum absolute atomic E-state index is 11.5. The predicted molar refractivity (Wildman–Crippen MR) is 182 cm³/mol. The van der Waals surface area contributed by atoms with Crippen molar-refractivity contribution in [1.82, 2.24) is 21.3 Å². The van der Waals surface area contributed by atoms with Crippen LogP contribution in [0, 0.1) is 0 Å². The molecule has 19 nitrogen and oxygen atoms in total. The Labute approximate surface area is 291 Å². The molecule has 292 valence electrons. The van der Waals surface area contributed by atoms with Gasteiger partial charge >= 0.3 is 0 Å².